The van der Waals surface area contributed by atoms with E-state index in [1.807, 2.05) is 12.1 Å². The Kier molecular flexibility index (Phi) is 4.08. The molecule has 0 amide bonds. The number of hydrogen-bond donors (Lipinski definition) is 0. The Morgan fingerprint density at radius 1 is 1.15 bits per heavy atom. The average molecular weight is 332 g/mol. The van der Waals surface area contributed by atoms with E-state index in [0.29, 0.717) is 0 Å². The molecule has 3 heteroatoms. The van der Waals surface area contributed by atoms with Crippen molar-refractivity contribution in [2.24, 2.45) is 0 Å². The third-order valence-electron chi connectivity index (χ3n) is 3.85. The van der Waals surface area contributed by atoms with Gasteiger partial charge in [-0.05, 0) is 35.7 Å². The molecule has 0 fully saturated rings. The van der Waals surface area contributed by atoms with E-state index in [-0.39, 0.29) is 0 Å². The van der Waals surface area contributed by atoms with Gasteiger partial charge in [0, 0.05) is 29.7 Å². The van der Waals surface area contributed by atoms with Gasteiger partial charge in [-0.1, -0.05) is 40.2 Å². The van der Waals surface area contributed by atoms with Crippen LogP contribution >= 0.6 is 15.9 Å². The first-order valence-electron chi connectivity index (χ1n) is 6.88. The first-order valence-corrected chi connectivity index (χ1v) is 7.67. The second kappa shape index (κ2) is 5.98. The van der Waals surface area contributed by atoms with Crippen molar-refractivity contribution in [2.45, 2.75) is 19.5 Å². The monoisotopic (exact) mass is 331 g/mol. The molecule has 20 heavy (non-hydrogen) atoms. The van der Waals surface area contributed by atoms with Crippen LogP contribution in [0.1, 0.15) is 16.7 Å². The summed E-state index contributed by atoms with van der Waals surface area (Å²) in [6.45, 7) is 3.05. The van der Waals surface area contributed by atoms with Crippen LogP contribution in [0.25, 0.3) is 0 Å². The van der Waals surface area contributed by atoms with Gasteiger partial charge in [-0.25, -0.2) is 0 Å². The Morgan fingerprint density at radius 2 is 1.95 bits per heavy atom. The molecule has 3 rings (SSSR count). The normalized spacial score (nSPS) is 14.9. The highest BCUT2D eigenvalue weighted by molar-refractivity contribution is 9.10. The first kappa shape index (κ1) is 13.7. The molecule has 0 N–H and O–H groups in total. The summed E-state index contributed by atoms with van der Waals surface area (Å²) in [4.78, 5) is 2.48. The zero-order chi connectivity index (χ0) is 13.9. The van der Waals surface area contributed by atoms with Gasteiger partial charge < -0.3 is 4.74 Å². The predicted molar refractivity (Wildman–Crippen MR) is 85.0 cm³/mol. The number of nitrogens with zero attached hydrogens (tertiary/aromatic N) is 1. The van der Waals surface area contributed by atoms with Crippen molar-refractivity contribution in [2.75, 3.05) is 13.7 Å². The maximum absolute atomic E-state index is 5.46. The smallest absolute Gasteiger partial charge is 0.123 e. The molecule has 0 saturated carbocycles. The van der Waals surface area contributed by atoms with Crippen molar-refractivity contribution in [3.63, 3.8) is 0 Å². The maximum Gasteiger partial charge on any atom is 0.123 e. The van der Waals surface area contributed by atoms with E-state index >= 15 is 0 Å². The third-order valence-corrected chi connectivity index (χ3v) is 4.34. The fraction of sp³-hybridized carbons (Fsp3) is 0.294. The lowest BCUT2D eigenvalue weighted by atomic mass is 9.99. The molecule has 1 heterocycles. The van der Waals surface area contributed by atoms with Crippen LogP contribution in [-0.4, -0.2) is 18.6 Å². The Labute approximate surface area is 128 Å². The summed E-state index contributed by atoms with van der Waals surface area (Å²) in [5, 5.41) is 0. The van der Waals surface area contributed by atoms with Crippen LogP contribution in [0.4, 0.5) is 0 Å². The van der Waals surface area contributed by atoms with Crippen LogP contribution < -0.4 is 4.74 Å². The summed E-state index contributed by atoms with van der Waals surface area (Å²) in [5.41, 5.74) is 4.18. The van der Waals surface area contributed by atoms with E-state index in [1.165, 1.54) is 16.7 Å². The summed E-state index contributed by atoms with van der Waals surface area (Å²) < 4.78 is 6.57. The van der Waals surface area contributed by atoms with Crippen LogP contribution in [0.5, 0.6) is 5.75 Å². The maximum atomic E-state index is 5.46. The summed E-state index contributed by atoms with van der Waals surface area (Å²) in [7, 11) is 1.73. The molecule has 2 aromatic carbocycles. The van der Waals surface area contributed by atoms with Crippen LogP contribution in [0, 0.1) is 0 Å². The number of methoxy groups -OCH3 is 1. The molecule has 2 nitrogen and oxygen atoms in total. The minimum atomic E-state index is 0.928. The minimum absolute atomic E-state index is 0.928. The van der Waals surface area contributed by atoms with Gasteiger partial charge >= 0.3 is 0 Å². The van der Waals surface area contributed by atoms with E-state index in [4.69, 9.17) is 4.74 Å². The van der Waals surface area contributed by atoms with Gasteiger partial charge in [-0.2, -0.15) is 0 Å². The van der Waals surface area contributed by atoms with E-state index in [9.17, 15) is 0 Å². The van der Waals surface area contributed by atoms with Crippen molar-refractivity contribution in [1.29, 1.82) is 0 Å². The molecule has 0 bridgehead atoms. The van der Waals surface area contributed by atoms with E-state index in [2.05, 4.69) is 51.2 Å². The number of hydrogen-bond acceptors (Lipinski definition) is 2. The van der Waals surface area contributed by atoms with Gasteiger partial charge in [0.1, 0.15) is 5.75 Å². The highest BCUT2D eigenvalue weighted by Crippen LogP contribution is 2.26. The Morgan fingerprint density at radius 3 is 2.75 bits per heavy atom. The van der Waals surface area contributed by atoms with Crippen molar-refractivity contribution >= 4 is 15.9 Å². The quantitative estimate of drug-likeness (QED) is 0.842. The van der Waals surface area contributed by atoms with Gasteiger partial charge in [0.15, 0.2) is 0 Å². The van der Waals surface area contributed by atoms with Crippen molar-refractivity contribution in [3.05, 3.63) is 63.6 Å². The summed E-state index contributed by atoms with van der Waals surface area (Å²) in [6.07, 6.45) is 1.13. The average Bonchev–Trinajstić information content (AvgIpc) is 2.47. The summed E-state index contributed by atoms with van der Waals surface area (Å²) >= 11 is 3.54. The number of fused-ring (bicyclic) bond motifs is 1. The predicted octanol–water partition coefficient (Wildman–Crippen LogP) is 4.02. The molecule has 2 aromatic rings. The third kappa shape index (κ3) is 2.89. The van der Waals surface area contributed by atoms with E-state index < -0.39 is 0 Å². The number of halogens is 1. The number of rotatable bonds is 3. The summed E-state index contributed by atoms with van der Waals surface area (Å²) in [6, 6.07) is 14.9. The Hall–Kier alpha value is -1.32. The lowest BCUT2D eigenvalue weighted by molar-refractivity contribution is 0.241. The molecule has 1 aliphatic rings. The molecule has 1 aliphatic heterocycles. The molecule has 104 valence electrons. The minimum Gasteiger partial charge on any atom is -0.496 e. The molecule has 0 atom stereocenters. The molecule has 0 unspecified atom stereocenters. The van der Waals surface area contributed by atoms with Crippen LogP contribution in [0.2, 0.25) is 0 Å². The zero-order valence-electron chi connectivity index (χ0n) is 11.6. The lowest BCUT2D eigenvalue weighted by Gasteiger charge is -2.29. The van der Waals surface area contributed by atoms with Crippen LogP contribution in [0.3, 0.4) is 0 Å². The van der Waals surface area contributed by atoms with Crippen LogP contribution in [0.15, 0.2) is 46.9 Å². The standard InChI is InChI=1S/C17H18BrNO/c1-20-17-7-6-16(18)10-15(17)12-19-9-8-13-4-2-3-5-14(13)11-19/h2-7,10H,8-9,11-12H2,1H3. The Balaban J connectivity index is 1.78. The van der Waals surface area contributed by atoms with Crippen molar-refractivity contribution in [1.82, 2.24) is 4.90 Å². The molecular weight excluding hydrogens is 314 g/mol. The molecule has 0 saturated heterocycles. The summed E-state index contributed by atoms with van der Waals surface area (Å²) in [5.74, 6) is 0.965. The Bertz CT molecular complexity index is 612. The second-order valence-corrected chi connectivity index (χ2v) is 6.10. The SMILES string of the molecule is COc1ccc(Br)cc1CN1CCc2ccccc2C1. The van der Waals surface area contributed by atoms with Gasteiger partial charge in [0.2, 0.25) is 0 Å². The number of ether oxygens (including phenoxy) is 1. The molecule has 0 radical (unpaired) electrons. The topological polar surface area (TPSA) is 12.5 Å². The van der Waals surface area contributed by atoms with Gasteiger partial charge in [-0.15, -0.1) is 0 Å². The second-order valence-electron chi connectivity index (χ2n) is 5.19. The fourth-order valence-electron chi connectivity index (χ4n) is 2.80. The molecule has 0 spiro atoms. The van der Waals surface area contributed by atoms with Gasteiger partial charge in [0.05, 0.1) is 7.11 Å². The van der Waals surface area contributed by atoms with Crippen molar-refractivity contribution in [3.8, 4) is 5.75 Å². The zero-order valence-corrected chi connectivity index (χ0v) is 13.2. The largest absolute Gasteiger partial charge is 0.496 e. The first-order chi connectivity index (χ1) is 9.76. The molecule has 0 aromatic heterocycles. The highest BCUT2D eigenvalue weighted by Gasteiger charge is 2.17. The molecular formula is C17H18BrNO. The van der Waals surface area contributed by atoms with E-state index in [0.717, 1.165) is 36.3 Å². The lowest BCUT2D eigenvalue weighted by Crippen LogP contribution is -2.30. The van der Waals surface area contributed by atoms with Gasteiger partial charge in [-0.3, -0.25) is 4.90 Å². The van der Waals surface area contributed by atoms with E-state index in [1.54, 1.807) is 7.11 Å². The van der Waals surface area contributed by atoms with Crippen molar-refractivity contribution < 1.29 is 4.74 Å². The fourth-order valence-corrected chi connectivity index (χ4v) is 3.21. The van der Waals surface area contributed by atoms with Crippen LogP contribution in [-0.2, 0) is 19.5 Å². The molecule has 0 aliphatic carbocycles. The van der Waals surface area contributed by atoms with Gasteiger partial charge in [0.25, 0.3) is 0 Å². The number of benzene rings is 2. The highest BCUT2D eigenvalue weighted by atomic mass is 79.9.